The lowest BCUT2D eigenvalue weighted by atomic mass is 10.1. The summed E-state index contributed by atoms with van der Waals surface area (Å²) in [4.78, 5) is 12.2. The number of hydrogen-bond donors (Lipinski definition) is 0. The van der Waals surface area contributed by atoms with Gasteiger partial charge in [0, 0.05) is 0 Å². The van der Waals surface area contributed by atoms with E-state index in [0.717, 1.165) is 26.3 Å². The summed E-state index contributed by atoms with van der Waals surface area (Å²) < 4.78 is 403. The van der Waals surface area contributed by atoms with E-state index in [4.69, 9.17) is 0 Å². The molecule has 0 amide bonds. The molecule has 0 aliphatic carbocycles. The van der Waals surface area contributed by atoms with E-state index in [9.17, 15) is 132 Å². The number of benzene rings is 2. The molecular formula is C26H9F29O6. The van der Waals surface area contributed by atoms with Crippen molar-refractivity contribution in [2.45, 2.75) is 84.7 Å². The average Bonchev–Trinajstić information content (AvgIpc) is 3.03. The average molecular weight is 968 g/mol. The monoisotopic (exact) mass is 968 g/mol. The molecular weight excluding hydrogens is 959 g/mol. The zero-order chi connectivity index (χ0) is 48.5. The lowest BCUT2D eigenvalue weighted by molar-refractivity contribution is -0.593. The number of fused-ring (bicyclic) bond motifs is 1. The van der Waals surface area contributed by atoms with Gasteiger partial charge in [-0.25, -0.2) is 4.79 Å². The molecule has 4 unspecified atom stereocenters. The maximum absolute atomic E-state index is 14.9. The molecule has 6 nitrogen and oxygen atoms in total. The van der Waals surface area contributed by atoms with Crippen LogP contribution in [0.2, 0.25) is 0 Å². The molecule has 0 saturated heterocycles. The Morgan fingerprint density at radius 3 is 1.08 bits per heavy atom. The summed E-state index contributed by atoms with van der Waals surface area (Å²) in [6, 6.07) is 7.24. The van der Waals surface area contributed by atoms with Crippen molar-refractivity contribution in [3.05, 3.63) is 48.0 Å². The number of halogens is 29. The summed E-state index contributed by atoms with van der Waals surface area (Å²) in [5, 5.41) is 0.184. The normalized spacial score (nSPS) is 18.8. The number of alkyl halides is 29. The smallest absolute Gasteiger partial charge is 0.456 e. The van der Waals surface area contributed by atoms with Crippen LogP contribution in [0, 0.1) is 0 Å². The third-order valence-electron chi connectivity index (χ3n) is 6.83. The Hall–Kier alpha value is -4.02. The van der Waals surface area contributed by atoms with E-state index >= 15 is 0 Å². The number of carbonyl (C=O) groups excluding carboxylic acids is 1. The van der Waals surface area contributed by atoms with Crippen molar-refractivity contribution in [3.8, 4) is 0 Å². The van der Waals surface area contributed by atoms with E-state index in [1.54, 1.807) is 0 Å². The molecule has 2 aromatic carbocycles. The maximum atomic E-state index is 14.9. The summed E-state index contributed by atoms with van der Waals surface area (Å²) >= 11 is 0. The van der Waals surface area contributed by atoms with Crippen molar-refractivity contribution in [1.82, 2.24) is 0 Å². The number of hydrogen-bond acceptors (Lipinski definition) is 6. The lowest BCUT2D eigenvalue weighted by Crippen LogP contribution is -2.72. The number of rotatable bonds is 15. The zero-order valence-corrected chi connectivity index (χ0v) is 27.2. The second-order valence-corrected chi connectivity index (χ2v) is 11.2. The number of esters is 1. The van der Waals surface area contributed by atoms with Crippen LogP contribution in [0.25, 0.3) is 10.8 Å². The molecule has 0 aromatic heterocycles. The lowest BCUT2D eigenvalue weighted by Gasteiger charge is -2.44. The Balaban J connectivity index is 2.72. The van der Waals surface area contributed by atoms with Crippen LogP contribution in [0.5, 0.6) is 0 Å². The van der Waals surface area contributed by atoms with Gasteiger partial charge in [-0.3, -0.25) is 18.9 Å². The van der Waals surface area contributed by atoms with Gasteiger partial charge >= 0.3 is 90.6 Å². The molecule has 0 spiro atoms. The van der Waals surface area contributed by atoms with Gasteiger partial charge in [-0.05, 0) is 22.9 Å². The fraction of sp³-hybridized carbons (Fsp3) is 0.577. The molecule has 61 heavy (non-hydrogen) atoms. The highest BCUT2D eigenvalue weighted by atomic mass is 19.4. The first-order chi connectivity index (χ1) is 26.5. The Morgan fingerprint density at radius 2 is 0.738 bits per heavy atom. The second-order valence-electron chi connectivity index (χ2n) is 11.2. The standard InChI is InChI=1S/C26H9F29O6/c27-13(18(33,34)35,8-57-12(56)11-6-5-9-3-1-2-4-10(9)7-11)58-24(50,51)15(30,20(39,40)41)60-26(54,55)17(32,22(45,46)47)61-25(52,53)16(31,21(42,43)44)59-23(48,49)14(28,29)19(36,37)38/h1-7H,8H2. The Labute approximate surface area is 312 Å². The van der Waals surface area contributed by atoms with E-state index in [0.29, 0.717) is 12.1 Å². The van der Waals surface area contributed by atoms with Gasteiger partial charge in [0.15, 0.2) is 6.61 Å². The van der Waals surface area contributed by atoms with Crippen LogP contribution in [0.1, 0.15) is 10.4 Å². The van der Waals surface area contributed by atoms with Crippen LogP contribution in [-0.4, -0.2) is 97.2 Å². The van der Waals surface area contributed by atoms with Gasteiger partial charge in [0.1, 0.15) is 0 Å². The minimum absolute atomic E-state index is 0.0267. The molecule has 2 aromatic rings. The third kappa shape index (κ3) is 9.51. The molecule has 0 fully saturated rings. The molecule has 0 bridgehead atoms. The maximum Gasteiger partial charge on any atom is 0.462 e. The Bertz CT molecular complexity index is 1880. The predicted octanol–water partition coefficient (Wildman–Crippen LogP) is 11.5. The predicted molar refractivity (Wildman–Crippen MR) is 129 cm³/mol. The summed E-state index contributed by atoms with van der Waals surface area (Å²) in [6.45, 7) is -3.62. The van der Waals surface area contributed by atoms with Gasteiger partial charge in [-0.2, -0.15) is 127 Å². The summed E-state index contributed by atoms with van der Waals surface area (Å²) in [5.41, 5.74) is -0.998. The quantitative estimate of drug-likeness (QED) is 0.131. The molecule has 0 N–H and O–H groups in total. The molecule has 0 saturated carbocycles. The van der Waals surface area contributed by atoms with Crippen molar-refractivity contribution >= 4 is 16.7 Å². The largest absolute Gasteiger partial charge is 0.462 e. The fourth-order valence-corrected chi connectivity index (χ4v) is 3.73. The molecule has 0 aliphatic heterocycles. The Kier molecular flexibility index (Phi) is 13.4. The van der Waals surface area contributed by atoms with E-state index in [-0.39, 0.29) is 10.8 Å². The molecule has 2 rings (SSSR count). The highest BCUT2D eigenvalue weighted by Crippen LogP contribution is 2.61. The first-order valence-corrected chi connectivity index (χ1v) is 14.0. The fourth-order valence-electron chi connectivity index (χ4n) is 3.73. The van der Waals surface area contributed by atoms with Crippen LogP contribution in [0.4, 0.5) is 127 Å². The molecule has 352 valence electrons. The molecule has 35 heteroatoms. The molecule has 4 atom stereocenters. The Morgan fingerprint density at radius 1 is 0.393 bits per heavy atom. The highest BCUT2D eigenvalue weighted by molar-refractivity contribution is 5.95. The minimum atomic E-state index is -9.25. The zero-order valence-electron chi connectivity index (χ0n) is 27.2. The van der Waals surface area contributed by atoms with Crippen LogP contribution < -0.4 is 0 Å². The number of ether oxygens (including phenoxy) is 5. The minimum Gasteiger partial charge on any atom is -0.456 e. The van der Waals surface area contributed by atoms with Gasteiger partial charge in [0.05, 0.1) is 5.56 Å². The molecule has 0 aliphatic rings. The van der Waals surface area contributed by atoms with Gasteiger partial charge in [-0.15, -0.1) is 0 Å². The van der Waals surface area contributed by atoms with Crippen molar-refractivity contribution in [2.75, 3.05) is 6.61 Å². The molecule has 0 heterocycles. The van der Waals surface area contributed by atoms with Crippen LogP contribution >= 0.6 is 0 Å². The third-order valence-corrected chi connectivity index (χ3v) is 6.83. The first-order valence-electron chi connectivity index (χ1n) is 14.0. The summed E-state index contributed by atoms with van der Waals surface area (Å²) in [5.74, 6) is -44.9. The highest BCUT2D eigenvalue weighted by Gasteiger charge is 2.90. The van der Waals surface area contributed by atoms with E-state index < -0.39 is 103 Å². The van der Waals surface area contributed by atoms with Gasteiger partial charge in [0.2, 0.25) is 0 Å². The van der Waals surface area contributed by atoms with E-state index in [1.807, 2.05) is 4.74 Å². The van der Waals surface area contributed by atoms with Crippen molar-refractivity contribution in [3.63, 3.8) is 0 Å². The summed E-state index contributed by atoms with van der Waals surface area (Å²) in [7, 11) is 0. The van der Waals surface area contributed by atoms with Crippen LogP contribution in [-0.2, 0) is 23.7 Å². The van der Waals surface area contributed by atoms with E-state index in [1.165, 1.54) is 18.2 Å². The second kappa shape index (κ2) is 15.4. The van der Waals surface area contributed by atoms with E-state index in [2.05, 4.69) is 4.74 Å². The molecule has 0 radical (unpaired) electrons. The number of carbonyl (C=O) groups is 1. The van der Waals surface area contributed by atoms with Crippen molar-refractivity contribution < 1.29 is 156 Å². The van der Waals surface area contributed by atoms with Crippen molar-refractivity contribution in [2.24, 2.45) is 0 Å². The summed E-state index contributed by atoms with van der Waals surface area (Å²) in [6.07, 6.45) is -77.3. The van der Waals surface area contributed by atoms with Crippen LogP contribution in [0.3, 0.4) is 0 Å². The van der Waals surface area contributed by atoms with Gasteiger partial charge in [0.25, 0.3) is 0 Å². The van der Waals surface area contributed by atoms with Crippen LogP contribution in [0.15, 0.2) is 42.5 Å². The van der Waals surface area contributed by atoms with Gasteiger partial charge in [-0.1, -0.05) is 30.3 Å². The van der Waals surface area contributed by atoms with Crippen molar-refractivity contribution in [1.29, 1.82) is 0 Å². The topological polar surface area (TPSA) is 63.2 Å². The first kappa shape index (κ1) is 53.1. The SMILES string of the molecule is O=C(OCC(F)(OC(F)(F)C(F)(OC(F)(F)C(F)(OC(F)(F)C(F)(OC(F)(F)C(F)(F)C(F)(F)F)C(F)(F)F)C(F)(F)F)C(F)(F)F)C(F)(F)F)c1ccc2ccccc2c1. The van der Waals surface area contributed by atoms with Gasteiger partial charge < -0.3 is 4.74 Å².